The van der Waals surface area contributed by atoms with Crippen molar-refractivity contribution in [1.82, 2.24) is 9.94 Å². The SMILES string of the molecule is C=CCc1ccn(O)n1. The van der Waals surface area contributed by atoms with Crippen molar-refractivity contribution in [3.05, 3.63) is 30.6 Å². The molecule has 0 unspecified atom stereocenters. The first-order chi connectivity index (χ1) is 4.33. The summed E-state index contributed by atoms with van der Waals surface area (Å²) in [6, 6.07) is 1.74. The Hall–Kier alpha value is -1.25. The van der Waals surface area contributed by atoms with Crippen LogP contribution in [0.4, 0.5) is 0 Å². The average Bonchev–Trinajstić information content (AvgIpc) is 2.17. The van der Waals surface area contributed by atoms with Crippen molar-refractivity contribution in [2.45, 2.75) is 6.42 Å². The molecule has 0 amide bonds. The Labute approximate surface area is 53.2 Å². The molecular weight excluding hydrogens is 116 g/mol. The van der Waals surface area contributed by atoms with Gasteiger partial charge >= 0.3 is 0 Å². The van der Waals surface area contributed by atoms with Crippen LogP contribution in [0, 0.1) is 0 Å². The first kappa shape index (κ1) is 5.88. The highest BCUT2D eigenvalue weighted by molar-refractivity contribution is 5.02. The van der Waals surface area contributed by atoms with Gasteiger partial charge in [-0.15, -0.1) is 16.5 Å². The smallest absolute Gasteiger partial charge is 0.0697 e. The third kappa shape index (κ3) is 1.32. The van der Waals surface area contributed by atoms with Crippen molar-refractivity contribution in [2.24, 2.45) is 0 Å². The molecule has 0 bridgehead atoms. The summed E-state index contributed by atoms with van der Waals surface area (Å²) in [6.07, 6.45) is 3.93. The molecule has 0 atom stereocenters. The summed E-state index contributed by atoms with van der Waals surface area (Å²) in [4.78, 5) is 0.791. The topological polar surface area (TPSA) is 38.0 Å². The number of nitrogens with zero attached hydrogens (tertiary/aromatic N) is 2. The lowest BCUT2D eigenvalue weighted by atomic mass is 10.3. The molecule has 0 aliphatic rings. The summed E-state index contributed by atoms with van der Waals surface area (Å²) in [7, 11) is 0. The van der Waals surface area contributed by atoms with Gasteiger partial charge in [0.25, 0.3) is 0 Å². The second-order valence-electron chi connectivity index (χ2n) is 1.72. The van der Waals surface area contributed by atoms with Gasteiger partial charge in [0.2, 0.25) is 0 Å². The van der Waals surface area contributed by atoms with E-state index in [0.717, 1.165) is 10.5 Å². The zero-order chi connectivity index (χ0) is 6.69. The standard InChI is InChI=1S/C6H8N2O/c1-2-3-6-4-5-8(9)7-6/h2,4-5,9H,1,3H2. The fourth-order valence-corrected chi connectivity index (χ4v) is 0.608. The molecular formula is C6H8N2O. The summed E-state index contributed by atoms with van der Waals surface area (Å²) in [5, 5.41) is 12.4. The molecule has 9 heavy (non-hydrogen) atoms. The van der Waals surface area contributed by atoms with Gasteiger partial charge in [-0.1, -0.05) is 6.08 Å². The second-order valence-corrected chi connectivity index (χ2v) is 1.72. The maximum Gasteiger partial charge on any atom is 0.0697 e. The van der Waals surface area contributed by atoms with Crippen LogP contribution < -0.4 is 0 Å². The predicted octanol–water partition coefficient (Wildman–Crippen LogP) is 0.849. The molecule has 48 valence electrons. The fourth-order valence-electron chi connectivity index (χ4n) is 0.608. The molecule has 3 heteroatoms. The highest BCUT2D eigenvalue weighted by atomic mass is 16.5. The van der Waals surface area contributed by atoms with E-state index in [4.69, 9.17) is 5.21 Å². The summed E-state index contributed by atoms with van der Waals surface area (Å²) in [5.41, 5.74) is 0.826. The van der Waals surface area contributed by atoms with Crippen molar-refractivity contribution in [3.63, 3.8) is 0 Å². The van der Waals surface area contributed by atoms with Crippen LogP contribution in [0.2, 0.25) is 0 Å². The molecule has 0 aliphatic heterocycles. The van der Waals surface area contributed by atoms with Gasteiger partial charge in [0.15, 0.2) is 0 Å². The number of hydrogen-bond acceptors (Lipinski definition) is 2. The minimum atomic E-state index is 0.702. The molecule has 0 spiro atoms. The Morgan fingerprint density at radius 1 is 1.89 bits per heavy atom. The minimum absolute atomic E-state index is 0.702. The van der Waals surface area contributed by atoms with E-state index >= 15 is 0 Å². The predicted molar refractivity (Wildman–Crippen MR) is 33.3 cm³/mol. The molecule has 1 aromatic rings. The normalized spacial score (nSPS) is 9.33. The molecule has 0 aromatic carbocycles. The first-order valence-electron chi connectivity index (χ1n) is 2.67. The summed E-state index contributed by atoms with van der Waals surface area (Å²) < 4.78 is 0. The maximum atomic E-state index is 8.65. The van der Waals surface area contributed by atoms with Crippen LogP contribution in [-0.4, -0.2) is 15.2 Å². The quantitative estimate of drug-likeness (QED) is 0.468. The number of allylic oxidation sites excluding steroid dienone is 1. The van der Waals surface area contributed by atoms with Gasteiger partial charge in [0.1, 0.15) is 0 Å². The van der Waals surface area contributed by atoms with Gasteiger partial charge < -0.3 is 5.21 Å². The van der Waals surface area contributed by atoms with Gasteiger partial charge in [-0.25, -0.2) is 0 Å². The summed E-state index contributed by atoms with van der Waals surface area (Å²) >= 11 is 0. The second kappa shape index (κ2) is 2.35. The van der Waals surface area contributed by atoms with E-state index in [1.165, 1.54) is 6.20 Å². The van der Waals surface area contributed by atoms with Gasteiger partial charge in [0.05, 0.1) is 11.9 Å². The fraction of sp³-hybridized carbons (Fsp3) is 0.167. The van der Waals surface area contributed by atoms with E-state index in [0.29, 0.717) is 6.42 Å². The van der Waals surface area contributed by atoms with Crippen LogP contribution in [0.3, 0.4) is 0 Å². The maximum absolute atomic E-state index is 8.65. The van der Waals surface area contributed by atoms with Crippen LogP contribution in [0.5, 0.6) is 0 Å². The number of aromatic nitrogens is 2. The molecule has 0 saturated heterocycles. The molecule has 0 aliphatic carbocycles. The summed E-state index contributed by atoms with van der Waals surface area (Å²) in [6.45, 7) is 3.53. The lowest BCUT2D eigenvalue weighted by Gasteiger charge is -1.84. The molecule has 3 nitrogen and oxygen atoms in total. The minimum Gasteiger partial charge on any atom is -0.412 e. The van der Waals surface area contributed by atoms with Crippen molar-refractivity contribution >= 4 is 0 Å². The van der Waals surface area contributed by atoms with E-state index in [9.17, 15) is 0 Å². The summed E-state index contributed by atoms with van der Waals surface area (Å²) in [5.74, 6) is 0. The van der Waals surface area contributed by atoms with Crippen LogP contribution in [0.15, 0.2) is 24.9 Å². The molecule has 0 radical (unpaired) electrons. The van der Waals surface area contributed by atoms with Crippen LogP contribution in [0.25, 0.3) is 0 Å². The van der Waals surface area contributed by atoms with E-state index in [-0.39, 0.29) is 0 Å². The first-order valence-corrected chi connectivity index (χ1v) is 2.67. The zero-order valence-corrected chi connectivity index (χ0v) is 4.99. The van der Waals surface area contributed by atoms with E-state index in [2.05, 4.69) is 11.7 Å². The number of hydrogen-bond donors (Lipinski definition) is 1. The van der Waals surface area contributed by atoms with Crippen molar-refractivity contribution in [2.75, 3.05) is 0 Å². The third-order valence-electron chi connectivity index (χ3n) is 0.985. The van der Waals surface area contributed by atoms with Crippen molar-refractivity contribution < 1.29 is 5.21 Å². The third-order valence-corrected chi connectivity index (χ3v) is 0.985. The Morgan fingerprint density at radius 3 is 3.11 bits per heavy atom. The number of rotatable bonds is 2. The van der Waals surface area contributed by atoms with Gasteiger partial charge in [-0.2, -0.15) is 0 Å². The van der Waals surface area contributed by atoms with Crippen LogP contribution in [0.1, 0.15) is 5.69 Å². The van der Waals surface area contributed by atoms with Gasteiger partial charge in [-0.3, -0.25) is 0 Å². The molecule has 1 rings (SSSR count). The molecule has 1 N–H and O–H groups in total. The Bertz CT molecular complexity index is 205. The average molecular weight is 124 g/mol. The van der Waals surface area contributed by atoms with Gasteiger partial charge in [0, 0.05) is 6.42 Å². The van der Waals surface area contributed by atoms with E-state index < -0.39 is 0 Å². The molecule has 1 heterocycles. The van der Waals surface area contributed by atoms with Crippen molar-refractivity contribution in [1.29, 1.82) is 0 Å². The van der Waals surface area contributed by atoms with Crippen molar-refractivity contribution in [3.8, 4) is 0 Å². The van der Waals surface area contributed by atoms with Crippen LogP contribution in [-0.2, 0) is 6.42 Å². The Kier molecular flexibility index (Phi) is 1.53. The largest absolute Gasteiger partial charge is 0.412 e. The zero-order valence-electron chi connectivity index (χ0n) is 4.99. The van der Waals surface area contributed by atoms with E-state index in [1.54, 1.807) is 12.1 Å². The lowest BCUT2D eigenvalue weighted by molar-refractivity contribution is 0.148. The van der Waals surface area contributed by atoms with Gasteiger partial charge in [-0.05, 0) is 6.07 Å². The Balaban J connectivity index is 2.72. The monoisotopic (exact) mass is 124 g/mol. The molecule has 0 saturated carbocycles. The molecule has 0 fully saturated rings. The Morgan fingerprint density at radius 2 is 2.67 bits per heavy atom. The highest BCUT2D eigenvalue weighted by Crippen LogP contribution is 1.93. The lowest BCUT2D eigenvalue weighted by Crippen LogP contribution is -1.90. The van der Waals surface area contributed by atoms with Crippen LogP contribution >= 0.6 is 0 Å². The molecule has 1 aromatic heterocycles. The highest BCUT2D eigenvalue weighted by Gasteiger charge is 1.91. The van der Waals surface area contributed by atoms with E-state index in [1.807, 2.05) is 0 Å².